The standard InChI is InChI=1S/C23H26N4O4S/c1-13-8-9-16(31-3)15(11-13)25-18(28)12-24-21(29)20-14(2)19-22(32-20)26-17-7-5-4-6-10-27(17)23(19)30/h8-9,11H,4-7,10,12H2,1-3H3,(H,24,29)(H,25,28). The number of aromatic nitrogens is 2. The summed E-state index contributed by atoms with van der Waals surface area (Å²) in [6.07, 6.45) is 3.82. The van der Waals surface area contributed by atoms with Crippen molar-refractivity contribution in [1.29, 1.82) is 0 Å². The number of aryl methyl sites for hydroxylation is 3. The van der Waals surface area contributed by atoms with Gasteiger partial charge in [-0.25, -0.2) is 4.98 Å². The van der Waals surface area contributed by atoms with Crippen LogP contribution in [0, 0.1) is 13.8 Å². The number of benzene rings is 1. The van der Waals surface area contributed by atoms with Crippen LogP contribution in [-0.2, 0) is 17.8 Å². The summed E-state index contributed by atoms with van der Waals surface area (Å²) in [5, 5.41) is 5.92. The Morgan fingerprint density at radius 1 is 1.22 bits per heavy atom. The van der Waals surface area contributed by atoms with Crippen molar-refractivity contribution in [3.8, 4) is 5.75 Å². The molecule has 0 atom stereocenters. The van der Waals surface area contributed by atoms with Crippen molar-refractivity contribution in [2.45, 2.75) is 46.1 Å². The SMILES string of the molecule is COc1ccc(C)cc1NC(=O)CNC(=O)c1sc2nc3n(c(=O)c2c1C)CCCCC3. The smallest absolute Gasteiger partial charge is 0.262 e. The minimum absolute atomic E-state index is 0.0796. The van der Waals surface area contributed by atoms with E-state index in [4.69, 9.17) is 4.74 Å². The molecule has 32 heavy (non-hydrogen) atoms. The molecule has 1 aliphatic heterocycles. The van der Waals surface area contributed by atoms with Gasteiger partial charge in [-0.1, -0.05) is 12.5 Å². The van der Waals surface area contributed by atoms with Gasteiger partial charge in [0.2, 0.25) is 5.91 Å². The van der Waals surface area contributed by atoms with Crippen molar-refractivity contribution in [2.75, 3.05) is 19.0 Å². The summed E-state index contributed by atoms with van der Waals surface area (Å²) < 4.78 is 7.02. The summed E-state index contributed by atoms with van der Waals surface area (Å²) in [5.74, 6) is 0.573. The van der Waals surface area contributed by atoms with Gasteiger partial charge in [0, 0.05) is 13.0 Å². The number of hydrogen-bond donors (Lipinski definition) is 2. The number of nitrogens with zero attached hydrogens (tertiary/aromatic N) is 2. The normalized spacial score (nSPS) is 13.3. The molecule has 8 nitrogen and oxygen atoms in total. The van der Waals surface area contributed by atoms with Crippen molar-refractivity contribution in [3.63, 3.8) is 0 Å². The molecule has 1 aliphatic rings. The molecular formula is C23H26N4O4S. The summed E-state index contributed by atoms with van der Waals surface area (Å²) in [5.41, 5.74) is 2.05. The van der Waals surface area contributed by atoms with E-state index in [-0.39, 0.29) is 18.0 Å². The Kier molecular flexibility index (Phi) is 6.27. The first-order chi connectivity index (χ1) is 15.4. The Balaban J connectivity index is 1.51. The number of nitrogens with one attached hydrogen (secondary N) is 2. The summed E-state index contributed by atoms with van der Waals surface area (Å²) in [4.78, 5) is 44.0. The van der Waals surface area contributed by atoms with Gasteiger partial charge < -0.3 is 15.4 Å². The average Bonchev–Trinajstić information content (AvgIpc) is 2.93. The monoisotopic (exact) mass is 454 g/mol. The van der Waals surface area contributed by atoms with Crippen LogP contribution >= 0.6 is 11.3 Å². The van der Waals surface area contributed by atoms with Gasteiger partial charge in [0.1, 0.15) is 16.4 Å². The number of methoxy groups -OCH3 is 1. The minimum Gasteiger partial charge on any atom is -0.495 e. The number of hydrogen-bond acceptors (Lipinski definition) is 6. The first-order valence-corrected chi connectivity index (χ1v) is 11.5. The molecule has 1 aromatic carbocycles. The van der Waals surface area contributed by atoms with Gasteiger partial charge in [-0.05, 0) is 49.9 Å². The summed E-state index contributed by atoms with van der Waals surface area (Å²) >= 11 is 1.20. The van der Waals surface area contributed by atoms with Crippen LogP contribution in [0.15, 0.2) is 23.0 Å². The van der Waals surface area contributed by atoms with Gasteiger partial charge in [0.25, 0.3) is 11.5 Å². The first-order valence-electron chi connectivity index (χ1n) is 10.6. The van der Waals surface area contributed by atoms with Gasteiger partial charge in [-0.2, -0.15) is 0 Å². The molecule has 0 unspecified atom stereocenters. The summed E-state index contributed by atoms with van der Waals surface area (Å²) in [6.45, 7) is 4.14. The lowest BCUT2D eigenvalue weighted by Crippen LogP contribution is -2.32. The number of amides is 2. The van der Waals surface area contributed by atoms with Crippen LogP contribution in [0.25, 0.3) is 10.2 Å². The number of anilines is 1. The average molecular weight is 455 g/mol. The van der Waals surface area contributed by atoms with E-state index < -0.39 is 5.91 Å². The van der Waals surface area contributed by atoms with Crippen LogP contribution in [0.1, 0.15) is 45.9 Å². The lowest BCUT2D eigenvalue weighted by Gasteiger charge is -2.11. The van der Waals surface area contributed by atoms with Crippen LogP contribution in [0.3, 0.4) is 0 Å². The fraction of sp³-hybridized carbons (Fsp3) is 0.391. The van der Waals surface area contributed by atoms with E-state index in [1.807, 2.05) is 13.0 Å². The molecule has 0 aliphatic carbocycles. The highest BCUT2D eigenvalue weighted by Gasteiger charge is 2.22. The fourth-order valence-electron chi connectivity index (χ4n) is 3.98. The quantitative estimate of drug-likeness (QED) is 0.617. The molecule has 0 radical (unpaired) electrons. The number of carbonyl (C=O) groups excluding carboxylic acids is 2. The van der Waals surface area contributed by atoms with E-state index in [0.29, 0.717) is 38.6 Å². The molecule has 0 fully saturated rings. The summed E-state index contributed by atoms with van der Waals surface area (Å²) in [7, 11) is 1.53. The minimum atomic E-state index is -0.392. The highest BCUT2D eigenvalue weighted by molar-refractivity contribution is 7.20. The third-order valence-electron chi connectivity index (χ3n) is 5.66. The van der Waals surface area contributed by atoms with E-state index in [9.17, 15) is 14.4 Å². The third-order valence-corrected chi connectivity index (χ3v) is 6.84. The molecule has 2 N–H and O–H groups in total. The molecule has 0 bridgehead atoms. The van der Waals surface area contributed by atoms with Gasteiger partial charge in [-0.3, -0.25) is 19.0 Å². The number of carbonyl (C=O) groups is 2. The Labute approximate surface area is 189 Å². The predicted molar refractivity (Wildman–Crippen MR) is 125 cm³/mol. The van der Waals surface area contributed by atoms with E-state index in [2.05, 4.69) is 15.6 Å². The molecule has 2 aromatic heterocycles. The molecule has 0 saturated carbocycles. The Morgan fingerprint density at radius 2 is 2.03 bits per heavy atom. The molecular weight excluding hydrogens is 428 g/mol. The maximum atomic E-state index is 13.1. The molecule has 3 aromatic rings. The lowest BCUT2D eigenvalue weighted by molar-refractivity contribution is -0.115. The molecule has 0 saturated heterocycles. The second-order valence-corrected chi connectivity index (χ2v) is 8.97. The van der Waals surface area contributed by atoms with Crippen molar-refractivity contribution in [1.82, 2.24) is 14.9 Å². The van der Waals surface area contributed by atoms with Crippen molar-refractivity contribution in [3.05, 3.63) is 50.4 Å². The number of thiophene rings is 1. The maximum Gasteiger partial charge on any atom is 0.262 e. The molecule has 168 valence electrons. The van der Waals surface area contributed by atoms with Crippen molar-refractivity contribution < 1.29 is 14.3 Å². The Hall–Kier alpha value is -3.20. The van der Waals surface area contributed by atoms with E-state index >= 15 is 0 Å². The molecule has 2 amide bonds. The van der Waals surface area contributed by atoms with Crippen LogP contribution in [0.2, 0.25) is 0 Å². The highest BCUT2D eigenvalue weighted by atomic mass is 32.1. The zero-order valence-corrected chi connectivity index (χ0v) is 19.2. The van der Waals surface area contributed by atoms with Crippen LogP contribution in [0.4, 0.5) is 5.69 Å². The second kappa shape index (κ2) is 9.12. The largest absolute Gasteiger partial charge is 0.495 e. The molecule has 0 spiro atoms. The lowest BCUT2D eigenvalue weighted by atomic mass is 10.2. The van der Waals surface area contributed by atoms with Gasteiger partial charge >= 0.3 is 0 Å². The fourth-order valence-corrected chi connectivity index (χ4v) is 5.09. The zero-order chi connectivity index (χ0) is 22.8. The highest BCUT2D eigenvalue weighted by Crippen LogP contribution is 2.28. The first kappa shape index (κ1) is 22.0. The number of rotatable bonds is 5. The molecule has 4 rings (SSSR count). The van der Waals surface area contributed by atoms with Crippen LogP contribution < -0.4 is 20.9 Å². The Morgan fingerprint density at radius 3 is 2.81 bits per heavy atom. The topological polar surface area (TPSA) is 102 Å². The van der Waals surface area contributed by atoms with E-state index in [1.54, 1.807) is 23.6 Å². The van der Waals surface area contributed by atoms with Gasteiger partial charge in [0.15, 0.2) is 0 Å². The number of fused-ring (bicyclic) bond motifs is 2. The molecule has 3 heterocycles. The van der Waals surface area contributed by atoms with E-state index in [1.165, 1.54) is 18.4 Å². The molecule has 9 heteroatoms. The van der Waals surface area contributed by atoms with Crippen LogP contribution in [-0.4, -0.2) is 35.0 Å². The van der Waals surface area contributed by atoms with Crippen molar-refractivity contribution in [2.24, 2.45) is 0 Å². The maximum absolute atomic E-state index is 13.1. The van der Waals surface area contributed by atoms with Crippen LogP contribution in [0.5, 0.6) is 5.75 Å². The number of ether oxygens (including phenoxy) is 1. The van der Waals surface area contributed by atoms with Gasteiger partial charge in [-0.15, -0.1) is 11.3 Å². The second-order valence-electron chi connectivity index (χ2n) is 7.97. The Bertz CT molecular complexity index is 1260. The van der Waals surface area contributed by atoms with Crippen molar-refractivity contribution >= 4 is 39.1 Å². The summed E-state index contributed by atoms with van der Waals surface area (Å²) in [6, 6.07) is 5.46. The van der Waals surface area contributed by atoms with E-state index in [0.717, 1.165) is 37.1 Å². The predicted octanol–water partition coefficient (Wildman–Crippen LogP) is 3.18. The third kappa shape index (κ3) is 4.25. The van der Waals surface area contributed by atoms with Gasteiger partial charge in [0.05, 0.1) is 29.6 Å². The zero-order valence-electron chi connectivity index (χ0n) is 18.4.